The number of nitrogens with one attached hydrogen (secondary N) is 1. The monoisotopic (exact) mass is 595 g/mol. The van der Waals surface area contributed by atoms with Gasteiger partial charge < -0.3 is 19.9 Å². The van der Waals surface area contributed by atoms with Gasteiger partial charge in [-0.25, -0.2) is 4.79 Å². The average molecular weight is 596 g/mol. The molecule has 0 radical (unpaired) electrons. The van der Waals surface area contributed by atoms with E-state index in [1.165, 1.54) is 12.1 Å². The SMILES string of the molecule is Cl.O=C(OC1CCNCC1)N1CCC(n2ncc(C(=O)N3CC[C@@H](c4ccccc4C(F)(F)F)C3)c2C2CC2)CC1. The summed E-state index contributed by atoms with van der Waals surface area (Å²) in [5.41, 5.74) is 1.15. The van der Waals surface area contributed by atoms with Crippen molar-refractivity contribution in [2.24, 2.45) is 0 Å². The summed E-state index contributed by atoms with van der Waals surface area (Å²) in [5.74, 6) is -0.230. The Hall–Kier alpha value is -2.79. The quantitative estimate of drug-likeness (QED) is 0.504. The summed E-state index contributed by atoms with van der Waals surface area (Å²) in [6.07, 6.45) is 2.57. The van der Waals surface area contributed by atoms with E-state index in [0.717, 1.165) is 63.4 Å². The molecule has 41 heavy (non-hydrogen) atoms. The van der Waals surface area contributed by atoms with Crippen molar-refractivity contribution in [1.82, 2.24) is 24.9 Å². The minimum absolute atomic E-state index is 0. The number of hydrogen-bond donors (Lipinski definition) is 1. The number of rotatable bonds is 5. The van der Waals surface area contributed by atoms with Gasteiger partial charge in [0, 0.05) is 38.0 Å². The van der Waals surface area contributed by atoms with E-state index in [-0.39, 0.29) is 60.5 Å². The Morgan fingerprint density at radius 1 is 0.902 bits per heavy atom. The minimum atomic E-state index is -4.42. The largest absolute Gasteiger partial charge is 0.446 e. The van der Waals surface area contributed by atoms with Crippen molar-refractivity contribution in [1.29, 1.82) is 0 Å². The minimum Gasteiger partial charge on any atom is -0.446 e. The Morgan fingerprint density at radius 2 is 1.59 bits per heavy atom. The molecule has 3 saturated heterocycles. The van der Waals surface area contributed by atoms with E-state index in [2.05, 4.69) is 10.4 Å². The lowest BCUT2D eigenvalue weighted by molar-refractivity contribution is -0.138. The smallest absolute Gasteiger partial charge is 0.416 e. The van der Waals surface area contributed by atoms with E-state index in [4.69, 9.17) is 4.74 Å². The van der Waals surface area contributed by atoms with Crippen LogP contribution < -0.4 is 5.32 Å². The molecule has 4 aliphatic rings. The van der Waals surface area contributed by atoms with Crippen LogP contribution in [-0.4, -0.2) is 77.0 Å². The molecule has 2 amide bonds. The standard InChI is InChI=1S/C29H36F3N5O3.ClH/c30-29(31,32)25-4-2-1-3-23(25)20-9-14-36(18-20)27(38)24-17-34-37(26(24)19-5-6-19)21-10-15-35(16-11-21)28(39)40-22-7-12-33-13-8-22;/h1-4,17,19-22,33H,5-16,18H2;1H/t20-;/m1./s1. The van der Waals surface area contributed by atoms with Gasteiger partial charge in [0.1, 0.15) is 6.10 Å². The number of nitrogens with zero attached hydrogens (tertiary/aromatic N) is 4. The van der Waals surface area contributed by atoms with Crippen LogP contribution in [0.25, 0.3) is 0 Å². The third kappa shape index (κ3) is 6.35. The van der Waals surface area contributed by atoms with Crippen LogP contribution in [0.2, 0.25) is 0 Å². The number of benzene rings is 1. The Kier molecular flexibility index (Phi) is 8.84. The van der Waals surface area contributed by atoms with Gasteiger partial charge in [-0.1, -0.05) is 18.2 Å². The fourth-order valence-electron chi connectivity index (χ4n) is 6.49. The zero-order chi connectivity index (χ0) is 27.9. The Balaban J connectivity index is 0.00000337. The number of halogens is 4. The molecule has 12 heteroatoms. The fourth-order valence-corrected chi connectivity index (χ4v) is 6.49. The molecule has 1 atom stereocenters. The number of carbonyl (C=O) groups is 2. The summed E-state index contributed by atoms with van der Waals surface area (Å²) in [4.78, 5) is 29.8. The van der Waals surface area contributed by atoms with Crippen molar-refractivity contribution in [3.63, 3.8) is 0 Å². The number of piperidine rings is 2. The van der Waals surface area contributed by atoms with Crippen LogP contribution in [-0.2, 0) is 10.9 Å². The first-order valence-electron chi connectivity index (χ1n) is 14.5. The Labute approximate surface area is 244 Å². The number of amides is 2. The van der Waals surface area contributed by atoms with Crippen LogP contribution >= 0.6 is 12.4 Å². The number of carbonyl (C=O) groups excluding carboxylic acids is 2. The molecule has 0 unspecified atom stereocenters. The first-order valence-corrected chi connectivity index (χ1v) is 14.5. The normalized spacial score (nSPS) is 22.5. The van der Waals surface area contributed by atoms with Crippen LogP contribution in [0.5, 0.6) is 0 Å². The molecule has 4 fully saturated rings. The molecule has 4 heterocycles. The molecule has 6 rings (SSSR count). The second kappa shape index (κ2) is 12.2. The highest BCUT2D eigenvalue weighted by Crippen LogP contribution is 2.44. The second-order valence-corrected chi connectivity index (χ2v) is 11.5. The highest BCUT2D eigenvalue weighted by molar-refractivity contribution is 5.95. The summed E-state index contributed by atoms with van der Waals surface area (Å²) in [6.45, 7) is 3.57. The summed E-state index contributed by atoms with van der Waals surface area (Å²) in [6, 6.07) is 5.77. The van der Waals surface area contributed by atoms with Crippen LogP contribution in [0.4, 0.5) is 18.0 Å². The lowest BCUT2D eigenvalue weighted by atomic mass is 9.93. The molecule has 3 aliphatic heterocycles. The number of likely N-dealkylation sites (tertiary alicyclic amines) is 2. The third-order valence-corrected chi connectivity index (χ3v) is 8.83. The lowest BCUT2D eigenvalue weighted by Crippen LogP contribution is -2.42. The fraction of sp³-hybridized carbons (Fsp3) is 0.621. The number of alkyl halides is 3. The topological polar surface area (TPSA) is 79.7 Å². The zero-order valence-corrected chi connectivity index (χ0v) is 23.8. The van der Waals surface area contributed by atoms with E-state index in [1.54, 1.807) is 22.1 Å². The molecule has 0 spiro atoms. The van der Waals surface area contributed by atoms with E-state index in [9.17, 15) is 22.8 Å². The van der Waals surface area contributed by atoms with Gasteiger partial charge in [-0.15, -0.1) is 12.4 Å². The molecule has 1 aliphatic carbocycles. The molecule has 1 aromatic heterocycles. The highest BCUT2D eigenvalue weighted by Gasteiger charge is 2.40. The molecule has 1 aromatic carbocycles. The molecule has 1 N–H and O–H groups in total. The molecular weight excluding hydrogens is 559 g/mol. The van der Waals surface area contributed by atoms with E-state index in [0.29, 0.717) is 31.6 Å². The van der Waals surface area contributed by atoms with Gasteiger partial charge in [0.05, 0.1) is 29.1 Å². The van der Waals surface area contributed by atoms with Crippen molar-refractivity contribution in [3.05, 3.63) is 52.8 Å². The average Bonchev–Trinajstić information content (AvgIpc) is 3.50. The summed E-state index contributed by atoms with van der Waals surface area (Å²) in [7, 11) is 0. The van der Waals surface area contributed by atoms with Gasteiger partial charge in [-0.3, -0.25) is 9.48 Å². The summed E-state index contributed by atoms with van der Waals surface area (Å²) >= 11 is 0. The molecule has 224 valence electrons. The first-order chi connectivity index (χ1) is 19.3. The molecule has 1 saturated carbocycles. The molecule has 0 bridgehead atoms. The van der Waals surface area contributed by atoms with E-state index in [1.807, 2.05) is 4.68 Å². The maximum absolute atomic E-state index is 13.7. The van der Waals surface area contributed by atoms with Crippen LogP contribution in [0.3, 0.4) is 0 Å². The zero-order valence-electron chi connectivity index (χ0n) is 22.9. The predicted molar refractivity (Wildman–Crippen MR) is 148 cm³/mol. The lowest BCUT2D eigenvalue weighted by Gasteiger charge is -2.34. The van der Waals surface area contributed by atoms with E-state index < -0.39 is 11.7 Å². The van der Waals surface area contributed by atoms with Crippen molar-refractivity contribution in [3.8, 4) is 0 Å². The van der Waals surface area contributed by atoms with Crippen LogP contribution in [0, 0.1) is 0 Å². The predicted octanol–water partition coefficient (Wildman–Crippen LogP) is 5.36. The van der Waals surface area contributed by atoms with Crippen molar-refractivity contribution < 1.29 is 27.5 Å². The van der Waals surface area contributed by atoms with Gasteiger partial charge >= 0.3 is 12.3 Å². The highest BCUT2D eigenvalue weighted by atomic mass is 35.5. The molecule has 2 aromatic rings. The second-order valence-electron chi connectivity index (χ2n) is 11.5. The maximum Gasteiger partial charge on any atom is 0.416 e. The third-order valence-electron chi connectivity index (χ3n) is 8.83. The number of ether oxygens (including phenoxy) is 1. The maximum atomic E-state index is 13.7. The van der Waals surface area contributed by atoms with Gasteiger partial charge in [0.25, 0.3) is 5.91 Å². The van der Waals surface area contributed by atoms with Gasteiger partial charge in [0.2, 0.25) is 0 Å². The molecular formula is C29H37ClF3N5O3. The van der Waals surface area contributed by atoms with Crippen molar-refractivity contribution in [2.45, 2.75) is 75.1 Å². The Bertz CT molecular complexity index is 1240. The van der Waals surface area contributed by atoms with Gasteiger partial charge in [0.15, 0.2) is 0 Å². The van der Waals surface area contributed by atoms with Crippen LogP contribution in [0.1, 0.15) is 90.0 Å². The van der Waals surface area contributed by atoms with Gasteiger partial charge in [-0.2, -0.15) is 18.3 Å². The number of hydrogen-bond acceptors (Lipinski definition) is 5. The number of aromatic nitrogens is 2. The molecule has 8 nitrogen and oxygen atoms in total. The van der Waals surface area contributed by atoms with Crippen molar-refractivity contribution in [2.75, 3.05) is 39.3 Å². The summed E-state index contributed by atoms with van der Waals surface area (Å²) in [5, 5.41) is 7.93. The Morgan fingerprint density at radius 3 is 2.27 bits per heavy atom. The van der Waals surface area contributed by atoms with Crippen molar-refractivity contribution >= 4 is 24.4 Å². The first kappa shape index (κ1) is 29.7. The summed E-state index contributed by atoms with van der Waals surface area (Å²) < 4.78 is 48.5. The van der Waals surface area contributed by atoms with E-state index >= 15 is 0 Å². The van der Waals surface area contributed by atoms with Gasteiger partial charge in [-0.05, 0) is 69.7 Å². The van der Waals surface area contributed by atoms with Crippen LogP contribution in [0.15, 0.2) is 30.5 Å².